The zero-order chi connectivity index (χ0) is 16.6. The first kappa shape index (κ1) is 21.1. The van der Waals surface area contributed by atoms with Gasteiger partial charge in [-0.15, -0.1) is 0 Å². The summed E-state index contributed by atoms with van der Waals surface area (Å²) in [4.78, 5) is 11.0. The van der Waals surface area contributed by atoms with Crippen LogP contribution in [0.15, 0.2) is 12.2 Å². The van der Waals surface area contributed by atoms with Gasteiger partial charge in [-0.3, -0.25) is 4.79 Å². The lowest BCUT2D eigenvalue weighted by atomic mass is 10.1. The van der Waals surface area contributed by atoms with Crippen LogP contribution >= 0.6 is 0 Å². The van der Waals surface area contributed by atoms with Gasteiger partial charge in [0.2, 0.25) is 0 Å². The molecule has 2 N–H and O–H groups in total. The molecule has 0 spiro atoms. The van der Waals surface area contributed by atoms with Crippen LogP contribution in [-0.2, 0) is 9.53 Å². The van der Waals surface area contributed by atoms with E-state index in [2.05, 4.69) is 16.9 Å². The first-order chi connectivity index (χ1) is 10.6. The molecule has 0 saturated heterocycles. The lowest BCUT2D eigenvalue weighted by molar-refractivity contribution is -0.142. The van der Waals surface area contributed by atoms with Crippen molar-refractivity contribution in [2.75, 3.05) is 7.11 Å². The molecule has 4 nitrogen and oxygen atoms in total. The van der Waals surface area contributed by atoms with Crippen molar-refractivity contribution in [2.24, 2.45) is 0 Å². The number of rotatable bonds is 14. The van der Waals surface area contributed by atoms with Gasteiger partial charge in [-0.2, -0.15) is 0 Å². The number of methoxy groups -OCH3 is 1. The number of carbonyl (C=O) groups excluding carboxylic acids is 1. The summed E-state index contributed by atoms with van der Waals surface area (Å²) in [6.07, 6.45) is 13.8. The second kappa shape index (κ2) is 15.0. The molecule has 0 rings (SSSR count). The molecule has 130 valence electrons. The van der Waals surface area contributed by atoms with E-state index < -0.39 is 6.10 Å². The molecule has 0 saturated carbocycles. The van der Waals surface area contributed by atoms with E-state index >= 15 is 0 Å². The fourth-order valence-corrected chi connectivity index (χ4v) is 2.28. The number of carbonyl (C=O) groups is 1. The van der Waals surface area contributed by atoms with Gasteiger partial charge < -0.3 is 14.9 Å². The third-order valence-electron chi connectivity index (χ3n) is 3.83. The fraction of sp³-hybridized carbons (Fsp3) is 0.833. The lowest BCUT2D eigenvalue weighted by Crippen LogP contribution is -2.14. The zero-order valence-corrected chi connectivity index (χ0v) is 14.3. The largest absolute Gasteiger partial charge is 0.469 e. The highest BCUT2D eigenvalue weighted by atomic mass is 16.5. The van der Waals surface area contributed by atoms with Gasteiger partial charge in [-0.1, -0.05) is 38.3 Å². The Morgan fingerprint density at radius 3 is 2.09 bits per heavy atom. The average molecular weight is 314 g/mol. The Hall–Kier alpha value is -0.870. The van der Waals surface area contributed by atoms with Crippen LogP contribution in [0.25, 0.3) is 0 Å². The Morgan fingerprint density at radius 1 is 0.955 bits per heavy atom. The number of allylic oxidation sites excluding steroid dienone is 2. The van der Waals surface area contributed by atoms with E-state index in [1.54, 1.807) is 0 Å². The first-order valence-corrected chi connectivity index (χ1v) is 8.68. The predicted molar refractivity (Wildman–Crippen MR) is 89.6 cm³/mol. The van der Waals surface area contributed by atoms with Gasteiger partial charge in [0.15, 0.2) is 0 Å². The number of hydrogen-bond acceptors (Lipinski definition) is 4. The molecular formula is C18H34O4. The second-order valence-electron chi connectivity index (χ2n) is 5.89. The van der Waals surface area contributed by atoms with Crippen LogP contribution in [0.1, 0.15) is 77.6 Å². The highest BCUT2D eigenvalue weighted by Crippen LogP contribution is 2.10. The van der Waals surface area contributed by atoms with Gasteiger partial charge in [0.25, 0.3) is 0 Å². The minimum atomic E-state index is -0.568. The summed E-state index contributed by atoms with van der Waals surface area (Å²) in [7, 11) is 1.34. The third-order valence-corrected chi connectivity index (χ3v) is 3.83. The Kier molecular flexibility index (Phi) is 14.4. The number of aliphatic hydroxyl groups is 2. The maximum absolute atomic E-state index is 11.0. The van der Waals surface area contributed by atoms with Gasteiger partial charge in [0.1, 0.15) is 0 Å². The summed E-state index contributed by atoms with van der Waals surface area (Å²) in [5, 5.41) is 19.0. The van der Waals surface area contributed by atoms with Crippen molar-refractivity contribution in [2.45, 2.75) is 89.8 Å². The molecule has 0 fully saturated rings. The van der Waals surface area contributed by atoms with Crippen molar-refractivity contribution in [3.05, 3.63) is 12.2 Å². The maximum atomic E-state index is 11.0. The predicted octanol–water partition coefficient (Wildman–Crippen LogP) is 3.75. The van der Waals surface area contributed by atoms with Gasteiger partial charge in [-0.05, 0) is 44.9 Å². The van der Waals surface area contributed by atoms with Crippen molar-refractivity contribution in [3.63, 3.8) is 0 Å². The molecular weight excluding hydrogens is 280 g/mol. The second-order valence-corrected chi connectivity index (χ2v) is 5.89. The van der Waals surface area contributed by atoms with Crippen LogP contribution in [0.3, 0.4) is 0 Å². The van der Waals surface area contributed by atoms with Crippen LogP contribution in [0, 0.1) is 0 Å². The van der Waals surface area contributed by atoms with Gasteiger partial charge in [0.05, 0.1) is 25.7 Å². The molecule has 0 bridgehead atoms. The minimum absolute atomic E-state index is 0.100. The molecule has 0 radical (unpaired) electrons. The van der Waals surface area contributed by atoms with E-state index in [1.165, 1.54) is 7.11 Å². The molecule has 2 atom stereocenters. The van der Waals surface area contributed by atoms with Crippen molar-refractivity contribution in [3.8, 4) is 0 Å². The zero-order valence-electron chi connectivity index (χ0n) is 14.3. The summed E-state index contributed by atoms with van der Waals surface area (Å²) in [5.74, 6) is -0.345. The first-order valence-electron chi connectivity index (χ1n) is 8.68. The van der Waals surface area contributed by atoms with E-state index in [9.17, 15) is 15.0 Å². The molecule has 0 aliphatic rings. The number of unbranched alkanes of at least 4 members (excludes halogenated alkanes) is 5. The Balaban J connectivity index is 3.32. The molecule has 0 aliphatic carbocycles. The quantitative estimate of drug-likeness (QED) is 0.291. The SMILES string of the molecule is CCC(O)CCCC/C=C\CCCCCC(O)CC(=O)OC. The molecule has 0 aliphatic heterocycles. The maximum Gasteiger partial charge on any atom is 0.308 e. The van der Waals surface area contributed by atoms with Gasteiger partial charge in [-0.25, -0.2) is 0 Å². The van der Waals surface area contributed by atoms with Crippen LogP contribution in [0.4, 0.5) is 0 Å². The molecule has 0 amide bonds. The topological polar surface area (TPSA) is 66.8 Å². The van der Waals surface area contributed by atoms with Crippen LogP contribution in [-0.4, -0.2) is 35.5 Å². The monoisotopic (exact) mass is 314 g/mol. The van der Waals surface area contributed by atoms with Crippen LogP contribution in [0.5, 0.6) is 0 Å². The van der Waals surface area contributed by atoms with Crippen molar-refractivity contribution in [1.29, 1.82) is 0 Å². The van der Waals surface area contributed by atoms with E-state index in [-0.39, 0.29) is 18.5 Å². The van der Waals surface area contributed by atoms with Crippen LogP contribution in [0.2, 0.25) is 0 Å². The van der Waals surface area contributed by atoms with Crippen molar-refractivity contribution in [1.82, 2.24) is 0 Å². The normalized spacial score (nSPS) is 14.2. The number of esters is 1. The van der Waals surface area contributed by atoms with E-state index in [0.29, 0.717) is 6.42 Å². The van der Waals surface area contributed by atoms with Gasteiger partial charge >= 0.3 is 5.97 Å². The van der Waals surface area contributed by atoms with Crippen molar-refractivity contribution >= 4 is 5.97 Å². The molecule has 0 heterocycles. The number of hydrogen-bond donors (Lipinski definition) is 2. The molecule has 0 aromatic rings. The summed E-state index contributed by atoms with van der Waals surface area (Å²) in [5.41, 5.74) is 0. The van der Waals surface area contributed by atoms with E-state index in [0.717, 1.165) is 57.8 Å². The lowest BCUT2D eigenvalue weighted by Gasteiger charge is -2.08. The molecule has 4 heteroatoms. The van der Waals surface area contributed by atoms with Crippen molar-refractivity contribution < 1.29 is 19.7 Å². The average Bonchev–Trinajstić information content (AvgIpc) is 2.51. The standard InChI is InChI=1S/C18H34O4/c1-3-16(19)13-11-9-7-5-4-6-8-10-12-14-17(20)15-18(21)22-2/h4-5,16-17,19-20H,3,6-15H2,1-2H3/b5-4-. The molecule has 0 aromatic carbocycles. The number of aliphatic hydroxyl groups excluding tert-OH is 2. The highest BCUT2D eigenvalue weighted by molar-refractivity contribution is 5.69. The van der Waals surface area contributed by atoms with E-state index in [4.69, 9.17) is 0 Å². The van der Waals surface area contributed by atoms with Gasteiger partial charge in [0, 0.05) is 0 Å². The third kappa shape index (κ3) is 14.1. The Labute approximate surface area is 135 Å². The molecule has 2 unspecified atom stereocenters. The number of ether oxygens (including phenoxy) is 1. The summed E-state index contributed by atoms with van der Waals surface area (Å²) < 4.78 is 4.52. The molecule has 22 heavy (non-hydrogen) atoms. The highest BCUT2D eigenvalue weighted by Gasteiger charge is 2.09. The van der Waals surface area contributed by atoms with Crippen LogP contribution < -0.4 is 0 Å². The van der Waals surface area contributed by atoms with E-state index in [1.807, 2.05) is 6.92 Å². The summed E-state index contributed by atoms with van der Waals surface area (Å²) in [6.45, 7) is 2.01. The fourth-order valence-electron chi connectivity index (χ4n) is 2.28. The Morgan fingerprint density at radius 2 is 1.50 bits per heavy atom. The molecule has 0 aromatic heterocycles. The summed E-state index contributed by atoms with van der Waals surface area (Å²) in [6, 6.07) is 0. The smallest absolute Gasteiger partial charge is 0.308 e. The Bertz CT molecular complexity index is 289. The summed E-state index contributed by atoms with van der Waals surface area (Å²) >= 11 is 0. The minimum Gasteiger partial charge on any atom is -0.469 e.